The van der Waals surface area contributed by atoms with E-state index in [1.807, 2.05) is 13.8 Å². The number of ether oxygens (including phenoxy) is 1. The summed E-state index contributed by atoms with van der Waals surface area (Å²) in [7, 11) is 1.71. The maximum Gasteiger partial charge on any atom is 0.246 e. The molecule has 0 aromatic carbocycles. The highest BCUT2D eigenvalue weighted by molar-refractivity contribution is 5.95. The van der Waals surface area contributed by atoms with Gasteiger partial charge in [0.1, 0.15) is 6.04 Å². The molecular formula is C14H24N2O3. The van der Waals surface area contributed by atoms with Crippen LogP contribution in [0, 0.1) is 5.92 Å². The highest BCUT2D eigenvalue weighted by atomic mass is 16.5. The number of carbonyl (C=O) groups excluding carboxylic acids is 2. The van der Waals surface area contributed by atoms with Gasteiger partial charge in [-0.25, -0.2) is 0 Å². The topological polar surface area (TPSA) is 58.6 Å². The van der Waals surface area contributed by atoms with E-state index in [1.54, 1.807) is 12.0 Å². The predicted molar refractivity (Wildman–Crippen MR) is 71.5 cm³/mol. The molecule has 5 heteroatoms. The average molecular weight is 268 g/mol. The lowest BCUT2D eigenvalue weighted by atomic mass is 9.95. The van der Waals surface area contributed by atoms with Crippen molar-refractivity contribution in [2.45, 2.75) is 57.7 Å². The average Bonchev–Trinajstić information content (AvgIpc) is 2.88. The Kier molecular flexibility index (Phi) is 4.45. The molecule has 19 heavy (non-hydrogen) atoms. The quantitative estimate of drug-likeness (QED) is 0.825. The maximum atomic E-state index is 12.5. The van der Waals surface area contributed by atoms with Crippen LogP contribution in [0.4, 0.5) is 0 Å². The second-order valence-corrected chi connectivity index (χ2v) is 5.72. The van der Waals surface area contributed by atoms with E-state index in [9.17, 15) is 9.59 Å². The van der Waals surface area contributed by atoms with E-state index in [1.165, 1.54) is 0 Å². The Morgan fingerprint density at radius 1 is 1.42 bits per heavy atom. The molecule has 0 bridgehead atoms. The first-order valence-electron chi connectivity index (χ1n) is 7.19. The van der Waals surface area contributed by atoms with E-state index in [-0.39, 0.29) is 42.5 Å². The summed E-state index contributed by atoms with van der Waals surface area (Å²) in [4.78, 5) is 26.1. The summed E-state index contributed by atoms with van der Waals surface area (Å²) in [5, 5.41) is 2.83. The van der Waals surface area contributed by atoms with Crippen LogP contribution in [0.25, 0.3) is 0 Å². The molecule has 0 radical (unpaired) electrons. The molecule has 2 amide bonds. The zero-order valence-corrected chi connectivity index (χ0v) is 12.0. The zero-order chi connectivity index (χ0) is 14.0. The van der Waals surface area contributed by atoms with Gasteiger partial charge in [0.05, 0.1) is 12.6 Å². The lowest BCUT2D eigenvalue weighted by Crippen LogP contribution is -2.62. The summed E-state index contributed by atoms with van der Waals surface area (Å²) < 4.78 is 5.35. The molecule has 5 nitrogen and oxygen atoms in total. The fourth-order valence-electron chi connectivity index (χ4n) is 3.04. The number of carbonyl (C=O) groups is 2. The van der Waals surface area contributed by atoms with Crippen molar-refractivity contribution in [1.29, 1.82) is 0 Å². The van der Waals surface area contributed by atoms with Crippen molar-refractivity contribution in [3.63, 3.8) is 0 Å². The van der Waals surface area contributed by atoms with Crippen LogP contribution in [0.5, 0.6) is 0 Å². The summed E-state index contributed by atoms with van der Waals surface area (Å²) in [6, 6.07) is -0.192. The highest BCUT2D eigenvalue weighted by Crippen LogP contribution is 2.28. The SMILES string of the molecule is CCC(C)C1NC(=O)CN(C2CCC(OC)C2)C1=O. The molecule has 1 heterocycles. The first-order valence-corrected chi connectivity index (χ1v) is 7.19. The Hall–Kier alpha value is -1.10. The van der Waals surface area contributed by atoms with Crippen molar-refractivity contribution in [3.05, 3.63) is 0 Å². The number of hydrogen-bond donors (Lipinski definition) is 1. The van der Waals surface area contributed by atoms with E-state index < -0.39 is 0 Å². The van der Waals surface area contributed by atoms with Crippen LogP contribution in [-0.4, -0.2) is 48.6 Å². The Balaban J connectivity index is 2.07. The molecule has 0 aromatic heterocycles. The number of methoxy groups -OCH3 is 1. The van der Waals surface area contributed by atoms with E-state index in [0.29, 0.717) is 0 Å². The summed E-state index contributed by atoms with van der Waals surface area (Å²) >= 11 is 0. The number of amides is 2. The van der Waals surface area contributed by atoms with Gasteiger partial charge in [-0.2, -0.15) is 0 Å². The van der Waals surface area contributed by atoms with Gasteiger partial charge in [0.2, 0.25) is 11.8 Å². The minimum absolute atomic E-state index is 0.0363. The summed E-state index contributed by atoms with van der Waals surface area (Å²) in [5.74, 6) is 0.223. The van der Waals surface area contributed by atoms with Crippen LogP contribution in [-0.2, 0) is 14.3 Å². The molecule has 0 aromatic rings. The van der Waals surface area contributed by atoms with Crippen LogP contribution in [0.3, 0.4) is 0 Å². The van der Waals surface area contributed by atoms with Gasteiger partial charge in [0.15, 0.2) is 0 Å². The van der Waals surface area contributed by atoms with Gasteiger partial charge in [-0.3, -0.25) is 9.59 Å². The third-order valence-electron chi connectivity index (χ3n) is 4.52. The third-order valence-corrected chi connectivity index (χ3v) is 4.52. The van der Waals surface area contributed by atoms with Crippen molar-refractivity contribution >= 4 is 11.8 Å². The number of nitrogens with one attached hydrogen (secondary N) is 1. The number of piperazine rings is 1. The van der Waals surface area contributed by atoms with Crippen LogP contribution < -0.4 is 5.32 Å². The van der Waals surface area contributed by atoms with Crippen LogP contribution in [0.15, 0.2) is 0 Å². The number of hydrogen-bond acceptors (Lipinski definition) is 3. The monoisotopic (exact) mass is 268 g/mol. The van der Waals surface area contributed by atoms with Gasteiger partial charge in [-0.1, -0.05) is 20.3 Å². The van der Waals surface area contributed by atoms with Gasteiger partial charge in [-0.15, -0.1) is 0 Å². The normalized spacial score (nSPS) is 33.4. The van der Waals surface area contributed by atoms with Crippen LogP contribution in [0.2, 0.25) is 0 Å². The van der Waals surface area contributed by atoms with Crippen molar-refractivity contribution in [1.82, 2.24) is 10.2 Å². The maximum absolute atomic E-state index is 12.5. The fraction of sp³-hybridized carbons (Fsp3) is 0.857. The van der Waals surface area contributed by atoms with Crippen LogP contribution in [0.1, 0.15) is 39.5 Å². The summed E-state index contributed by atoms with van der Waals surface area (Å²) in [6.45, 7) is 4.26. The minimum atomic E-state index is -0.354. The number of nitrogens with zero attached hydrogens (tertiary/aromatic N) is 1. The predicted octanol–water partition coefficient (Wildman–Crippen LogP) is 0.927. The first kappa shape index (κ1) is 14.3. The van der Waals surface area contributed by atoms with E-state index >= 15 is 0 Å². The Morgan fingerprint density at radius 2 is 2.16 bits per heavy atom. The van der Waals surface area contributed by atoms with E-state index in [0.717, 1.165) is 25.7 Å². The number of rotatable bonds is 4. The highest BCUT2D eigenvalue weighted by Gasteiger charge is 2.40. The van der Waals surface area contributed by atoms with Crippen molar-refractivity contribution in [3.8, 4) is 0 Å². The molecule has 1 N–H and O–H groups in total. The molecule has 4 atom stereocenters. The molecule has 108 valence electrons. The second kappa shape index (κ2) is 5.90. The smallest absolute Gasteiger partial charge is 0.246 e. The molecule has 0 spiro atoms. The van der Waals surface area contributed by atoms with Gasteiger partial charge in [0, 0.05) is 13.2 Å². The molecule has 1 aliphatic heterocycles. The van der Waals surface area contributed by atoms with Crippen molar-refractivity contribution < 1.29 is 14.3 Å². The third kappa shape index (κ3) is 2.91. The fourth-order valence-corrected chi connectivity index (χ4v) is 3.04. The van der Waals surface area contributed by atoms with Crippen molar-refractivity contribution in [2.75, 3.05) is 13.7 Å². The lowest BCUT2D eigenvalue weighted by molar-refractivity contribution is -0.148. The zero-order valence-electron chi connectivity index (χ0n) is 12.0. The van der Waals surface area contributed by atoms with Gasteiger partial charge in [-0.05, 0) is 25.2 Å². The molecule has 1 saturated carbocycles. The molecule has 2 aliphatic rings. The van der Waals surface area contributed by atoms with Gasteiger partial charge in [0.25, 0.3) is 0 Å². The molecule has 2 rings (SSSR count). The Labute approximate surface area is 114 Å². The Bertz CT molecular complexity index is 359. The minimum Gasteiger partial charge on any atom is -0.381 e. The Morgan fingerprint density at radius 3 is 2.74 bits per heavy atom. The molecule has 1 aliphatic carbocycles. The molecule has 4 unspecified atom stereocenters. The first-order chi connectivity index (χ1) is 9.06. The summed E-state index contributed by atoms with van der Waals surface area (Å²) in [5.41, 5.74) is 0. The second-order valence-electron chi connectivity index (χ2n) is 5.72. The standard InChI is InChI=1S/C14H24N2O3/c1-4-9(2)13-14(18)16(8-12(17)15-13)10-5-6-11(7-10)19-3/h9-11,13H,4-8H2,1-3H3,(H,15,17). The van der Waals surface area contributed by atoms with E-state index in [2.05, 4.69) is 5.32 Å². The largest absolute Gasteiger partial charge is 0.381 e. The van der Waals surface area contributed by atoms with E-state index in [4.69, 9.17) is 4.74 Å². The van der Waals surface area contributed by atoms with Gasteiger partial charge >= 0.3 is 0 Å². The molecular weight excluding hydrogens is 244 g/mol. The molecule has 1 saturated heterocycles. The molecule has 2 fully saturated rings. The lowest BCUT2D eigenvalue weighted by Gasteiger charge is -2.38. The van der Waals surface area contributed by atoms with Crippen LogP contribution >= 0.6 is 0 Å². The van der Waals surface area contributed by atoms with Crippen molar-refractivity contribution in [2.24, 2.45) is 5.92 Å². The summed E-state index contributed by atoms with van der Waals surface area (Å²) in [6.07, 6.45) is 3.87. The van der Waals surface area contributed by atoms with Gasteiger partial charge < -0.3 is 15.0 Å².